The molecule has 0 atom stereocenters. The number of carbonyl (C=O) groups excluding carboxylic acids is 1. The van der Waals surface area contributed by atoms with Crippen LogP contribution in [0, 0.1) is 0 Å². The summed E-state index contributed by atoms with van der Waals surface area (Å²) in [6.07, 6.45) is 1.59. The van der Waals surface area contributed by atoms with E-state index in [1.54, 1.807) is 61.4 Å². The summed E-state index contributed by atoms with van der Waals surface area (Å²) in [6, 6.07) is 12.0. The third kappa shape index (κ3) is 3.64. The molecule has 0 aliphatic carbocycles. The number of sulfonamides is 1. The standard InChI is InChI=1S/C20H24N2O4S/c1-4-22(17-7-9-18(26-3)10-8-17)27(24,25)19-11-12-20-16(14-19)6-5-13-21(20)15(2)23/h7-12,14H,4-6,13H2,1-3H3. The number of hydrogen-bond donors (Lipinski definition) is 0. The van der Waals surface area contributed by atoms with E-state index in [0.717, 1.165) is 24.1 Å². The molecule has 1 heterocycles. The van der Waals surface area contributed by atoms with Gasteiger partial charge in [0.25, 0.3) is 10.0 Å². The average molecular weight is 388 g/mol. The minimum atomic E-state index is -3.71. The van der Waals surface area contributed by atoms with Crippen LogP contribution in [-0.4, -0.2) is 34.5 Å². The number of nitrogens with zero attached hydrogens (tertiary/aromatic N) is 2. The van der Waals surface area contributed by atoms with Crippen LogP contribution in [0.1, 0.15) is 25.8 Å². The van der Waals surface area contributed by atoms with Gasteiger partial charge in [-0.05, 0) is 67.8 Å². The van der Waals surface area contributed by atoms with Gasteiger partial charge in [-0.1, -0.05) is 0 Å². The van der Waals surface area contributed by atoms with Crippen molar-refractivity contribution in [1.82, 2.24) is 0 Å². The zero-order valence-electron chi connectivity index (χ0n) is 15.8. The van der Waals surface area contributed by atoms with Crippen LogP contribution in [-0.2, 0) is 21.2 Å². The van der Waals surface area contributed by atoms with Gasteiger partial charge >= 0.3 is 0 Å². The minimum Gasteiger partial charge on any atom is -0.497 e. The smallest absolute Gasteiger partial charge is 0.264 e. The number of anilines is 2. The number of ether oxygens (including phenoxy) is 1. The minimum absolute atomic E-state index is 0.0278. The Balaban J connectivity index is 1.99. The maximum absolute atomic E-state index is 13.2. The maximum Gasteiger partial charge on any atom is 0.264 e. The van der Waals surface area contributed by atoms with Gasteiger partial charge in [-0.2, -0.15) is 0 Å². The van der Waals surface area contributed by atoms with Gasteiger partial charge in [0.05, 0.1) is 17.7 Å². The summed E-state index contributed by atoms with van der Waals surface area (Å²) in [5.74, 6) is 0.644. The highest BCUT2D eigenvalue weighted by Crippen LogP contribution is 2.32. The van der Waals surface area contributed by atoms with Gasteiger partial charge < -0.3 is 9.64 Å². The van der Waals surface area contributed by atoms with Crippen molar-refractivity contribution >= 4 is 27.3 Å². The van der Waals surface area contributed by atoms with E-state index in [9.17, 15) is 13.2 Å². The Morgan fingerprint density at radius 3 is 2.48 bits per heavy atom. The lowest BCUT2D eigenvalue weighted by atomic mass is 10.0. The largest absolute Gasteiger partial charge is 0.497 e. The Hall–Kier alpha value is -2.54. The highest BCUT2D eigenvalue weighted by Gasteiger charge is 2.27. The summed E-state index contributed by atoms with van der Waals surface area (Å²) in [6.45, 7) is 4.31. The lowest BCUT2D eigenvalue weighted by Crippen LogP contribution is -2.34. The van der Waals surface area contributed by atoms with Crippen molar-refractivity contribution < 1.29 is 17.9 Å². The summed E-state index contributed by atoms with van der Waals surface area (Å²) < 4.78 is 33.0. The topological polar surface area (TPSA) is 66.9 Å². The monoisotopic (exact) mass is 388 g/mol. The van der Waals surface area contributed by atoms with E-state index in [2.05, 4.69) is 0 Å². The molecular weight excluding hydrogens is 364 g/mol. The zero-order chi connectivity index (χ0) is 19.6. The summed E-state index contributed by atoms with van der Waals surface area (Å²) >= 11 is 0. The first-order valence-corrected chi connectivity index (χ1v) is 10.4. The molecule has 3 rings (SSSR count). The number of amides is 1. The van der Waals surface area contributed by atoms with Gasteiger partial charge in [0, 0.05) is 25.7 Å². The predicted octanol–water partition coefficient (Wildman–Crippen LogP) is 3.21. The average Bonchev–Trinajstić information content (AvgIpc) is 2.67. The molecule has 0 N–H and O–H groups in total. The molecule has 27 heavy (non-hydrogen) atoms. The first-order valence-electron chi connectivity index (χ1n) is 8.96. The second-order valence-corrected chi connectivity index (χ2v) is 8.29. The lowest BCUT2D eigenvalue weighted by molar-refractivity contribution is -0.116. The van der Waals surface area contributed by atoms with Gasteiger partial charge in [0.2, 0.25) is 5.91 Å². The first kappa shape index (κ1) is 19.2. The van der Waals surface area contributed by atoms with E-state index in [-0.39, 0.29) is 10.8 Å². The Morgan fingerprint density at radius 2 is 1.89 bits per heavy atom. The Labute approximate surface area is 160 Å². The van der Waals surface area contributed by atoms with E-state index in [1.807, 2.05) is 0 Å². The van der Waals surface area contributed by atoms with Gasteiger partial charge in [0.15, 0.2) is 0 Å². The van der Waals surface area contributed by atoms with E-state index in [4.69, 9.17) is 4.74 Å². The molecule has 6 nitrogen and oxygen atoms in total. The van der Waals surface area contributed by atoms with Gasteiger partial charge in [-0.25, -0.2) is 8.42 Å². The van der Waals surface area contributed by atoms with E-state index in [0.29, 0.717) is 24.5 Å². The van der Waals surface area contributed by atoms with Crippen LogP contribution in [0.3, 0.4) is 0 Å². The van der Waals surface area contributed by atoms with Crippen LogP contribution in [0.2, 0.25) is 0 Å². The lowest BCUT2D eigenvalue weighted by Gasteiger charge is -2.29. The molecule has 0 fully saturated rings. The van der Waals surface area contributed by atoms with Crippen molar-refractivity contribution in [3.05, 3.63) is 48.0 Å². The SMILES string of the molecule is CCN(c1ccc(OC)cc1)S(=O)(=O)c1ccc2c(c1)CCCN2C(C)=O. The van der Waals surface area contributed by atoms with Crippen molar-refractivity contribution in [2.45, 2.75) is 31.6 Å². The van der Waals surface area contributed by atoms with Crippen LogP contribution >= 0.6 is 0 Å². The molecule has 0 saturated heterocycles. The highest BCUT2D eigenvalue weighted by molar-refractivity contribution is 7.92. The molecule has 144 valence electrons. The summed E-state index contributed by atoms with van der Waals surface area (Å²) in [7, 11) is -2.14. The molecule has 0 aromatic heterocycles. The van der Waals surface area contributed by atoms with Crippen molar-refractivity contribution in [2.75, 3.05) is 29.4 Å². The summed E-state index contributed by atoms with van der Waals surface area (Å²) in [4.78, 5) is 13.8. The van der Waals surface area contributed by atoms with Gasteiger partial charge in [-0.3, -0.25) is 9.10 Å². The fourth-order valence-corrected chi connectivity index (χ4v) is 4.95. The molecule has 0 unspecified atom stereocenters. The van der Waals surface area contributed by atoms with Crippen LogP contribution in [0.25, 0.3) is 0 Å². The van der Waals surface area contributed by atoms with E-state index >= 15 is 0 Å². The predicted molar refractivity (Wildman–Crippen MR) is 106 cm³/mol. The summed E-state index contributed by atoms with van der Waals surface area (Å²) in [5.41, 5.74) is 2.28. The Kier molecular flexibility index (Phi) is 5.41. The molecule has 0 radical (unpaired) electrons. The highest BCUT2D eigenvalue weighted by atomic mass is 32.2. The second kappa shape index (κ2) is 7.60. The molecule has 2 aromatic carbocycles. The Morgan fingerprint density at radius 1 is 1.19 bits per heavy atom. The molecule has 0 saturated carbocycles. The molecule has 2 aromatic rings. The number of carbonyl (C=O) groups is 1. The Bertz CT molecular complexity index is 939. The van der Waals surface area contributed by atoms with E-state index in [1.165, 1.54) is 11.2 Å². The van der Waals surface area contributed by atoms with Crippen molar-refractivity contribution in [3.8, 4) is 5.75 Å². The maximum atomic E-state index is 13.2. The fraction of sp³-hybridized carbons (Fsp3) is 0.350. The quantitative estimate of drug-likeness (QED) is 0.789. The fourth-order valence-electron chi connectivity index (χ4n) is 3.43. The number of rotatable bonds is 5. The van der Waals surface area contributed by atoms with Crippen molar-refractivity contribution in [3.63, 3.8) is 0 Å². The second-order valence-electron chi connectivity index (χ2n) is 6.43. The van der Waals surface area contributed by atoms with Gasteiger partial charge in [0.1, 0.15) is 5.75 Å². The molecule has 0 spiro atoms. The number of benzene rings is 2. The normalized spacial score (nSPS) is 13.8. The van der Waals surface area contributed by atoms with Gasteiger partial charge in [-0.15, -0.1) is 0 Å². The van der Waals surface area contributed by atoms with E-state index < -0.39 is 10.0 Å². The molecular formula is C20H24N2O4S. The summed E-state index contributed by atoms with van der Waals surface area (Å²) in [5, 5.41) is 0. The number of methoxy groups -OCH3 is 1. The molecule has 0 bridgehead atoms. The number of fused-ring (bicyclic) bond motifs is 1. The number of hydrogen-bond acceptors (Lipinski definition) is 4. The molecule has 1 aliphatic rings. The third-order valence-electron chi connectivity index (χ3n) is 4.79. The van der Waals surface area contributed by atoms with Crippen LogP contribution < -0.4 is 13.9 Å². The van der Waals surface area contributed by atoms with Crippen LogP contribution in [0.15, 0.2) is 47.4 Å². The number of aryl methyl sites for hydroxylation is 1. The molecule has 7 heteroatoms. The van der Waals surface area contributed by atoms with Crippen molar-refractivity contribution in [2.24, 2.45) is 0 Å². The third-order valence-corrected chi connectivity index (χ3v) is 6.68. The zero-order valence-corrected chi connectivity index (χ0v) is 16.6. The van der Waals surface area contributed by atoms with Crippen LogP contribution in [0.4, 0.5) is 11.4 Å². The van der Waals surface area contributed by atoms with Crippen LogP contribution in [0.5, 0.6) is 5.75 Å². The first-order chi connectivity index (χ1) is 12.9. The molecule has 1 amide bonds. The molecule has 1 aliphatic heterocycles. The van der Waals surface area contributed by atoms with Crippen molar-refractivity contribution in [1.29, 1.82) is 0 Å².